The van der Waals surface area contributed by atoms with E-state index >= 15 is 0 Å². The summed E-state index contributed by atoms with van der Waals surface area (Å²) in [5.74, 6) is -0.649. The second-order valence-corrected chi connectivity index (χ2v) is 13.6. The molecule has 0 aliphatic carbocycles. The van der Waals surface area contributed by atoms with Gasteiger partial charge in [0, 0.05) is 35.7 Å². The van der Waals surface area contributed by atoms with Crippen molar-refractivity contribution in [2.75, 3.05) is 45.8 Å². The normalized spacial score (nSPS) is 12.1. The lowest BCUT2D eigenvalue weighted by atomic mass is 10.0. The van der Waals surface area contributed by atoms with Crippen molar-refractivity contribution in [2.24, 2.45) is 16.6 Å². The number of hydrogen-bond donors (Lipinski definition) is 8. The van der Waals surface area contributed by atoms with Crippen molar-refractivity contribution in [1.29, 1.82) is 0 Å². The van der Waals surface area contributed by atoms with Gasteiger partial charge in [-0.2, -0.15) is 0 Å². The maximum Gasteiger partial charge on any atom is 0.251 e. The van der Waals surface area contributed by atoms with E-state index in [4.69, 9.17) is 17.0 Å². The van der Waals surface area contributed by atoms with Crippen LogP contribution < -0.4 is 38.1 Å². The van der Waals surface area contributed by atoms with E-state index in [1.54, 1.807) is 12.1 Å². The van der Waals surface area contributed by atoms with Gasteiger partial charge in [0.1, 0.15) is 11.8 Å². The number of nitrogens with two attached hydrogens (primary N) is 2. The highest BCUT2D eigenvalue weighted by atomic mass is 127. The Kier molecular flexibility index (Phi) is 21.1. The van der Waals surface area contributed by atoms with Crippen molar-refractivity contribution in [3.8, 4) is 5.75 Å². The monoisotopic (exact) mass is 890 g/mol. The van der Waals surface area contributed by atoms with Crippen LogP contribution in [0.15, 0.2) is 41.5 Å². The quantitative estimate of drug-likeness (QED) is 0.0256. The van der Waals surface area contributed by atoms with Crippen molar-refractivity contribution < 1.29 is 19.5 Å². The largest absolute Gasteiger partial charge is 0.506 e. The zero-order chi connectivity index (χ0) is 35.1. The van der Waals surface area contributed by atoms with Crippen molar-refractivity contribution in [1.82, 2.24) is 26.6 Å². The lowest BCUT2D eigenvalue weighted by Crippen LogP contribution is -2.48. The van der Waals surface area contributed by atoms with Crippen LogP contribution in [0.5, 0.6) is 5.75 Å². The first kappa shape index (κ1) is 41.4. The number of aromatic hydroxyl groups is 1. The van der Waals surface area contributed by atoms with Crippen molar-refractivity contribution in [3.63, 3.8) is 0 Å². The van der Waals surface area contributed by atoms with Gasteiger partial charge in [0.15, 0.2) is 0 Å². The number of unbranched alkanes of at least 4 members (excludes halogenated alkanes) is 2. The number of carbonyl (C=O) groups is 3. The van der Waals surface area contributed by atoms with E-state index in [9.17, 15) is 19.5 Å². The average Bonchev–Trinajstić information content (AvgIpc) is 3.07. The molecule has 3 amide bonds. The number of benzene rings is 2. The summed E-state index contributed by atoms with van der Waals surface area (Å²) >= 11 is 4.08. The predicted molar refractivity (Wildman–Crippen MR) is 205 cm³/mol. The molecule has 2 rings (SSSR count). The van der Waals surface area contributed by atoms with Crippen LogP contribution >= 0.6 is 45.2 Å². The van der Waals surface area contributed by atoms with Crippen molar-refractivity contribution in [2.45, 2.75) is 63.5 Å². The zero-order valence-corrected chi connectivity index (χ0v) is 31.5. The molecule has 0 aromatic heterocycles. The molecule has 0 aliphatic rings. The van der Waals surface area contributed by atoms with E-state index in [1.807, 2.05) is 45.2 Å². The second-order valence-electron chi connectivity index (χ2n) is 11.3. The van der Waals surface area contributed by atoms with E-state index in [0.717, 1.165) is 70.3 Å². The maximum atomic E-state index is 13.2. The molecule has 264 valence electrons. The molecule has 14 nitrogen and oxygen atoms in total. The standard InChI is InChI=1S/C32H48I2N10O4/c33-25-19-22(20-26(34)29(25)45)21-28(42-30(46)23-8-10-24(11-9-23)43-44-37)32(48)41-18-6-16-39-14-4-3-13-38-15-5-17-40-31(47)27(36)7-1-2-12-35/h8-11,19-20,27-28,38-39,45H,1-7,12-18,21,35-36H2,(H,40,47)(H,41,48)(H,42,46). The van der Waals surface area contributed by atoms with Crippen molar-refractivity contribution in [3.05, 3.63) is 65.1 Å². The highest BCUT2D eigenvalue weighted by molar-refractivity contribution is 14.1. The molecule has 0 saturated heterocycles. The van der Waals surface area contributed by atoms with Gasteiger partial charge in [0.05, 0.1) is 13.2 Å². The number of nitrogens with zero attached hydrogens (tertiary/aromatic N) is 3. The third kappa shape index (κ3) is 16.6. The predicted octanol–water partition coefficient (Wildman–Crippen LogP) is 3.31. The minimum Gasteiger partial charge on any atom is -0.506 e. The molecule has 0 fully saturated rings. The van der Waals surface area contributed by atoms with Crippen LogP contribution in [0, 0.1) is 7.14 Å². The fourth-order valence-corrected chi connectivity index (χ4v) is 6.54. The number of azide groups is 1. The van der Waals surface area contributed by atoms with Gasteiger partial charge in [-0.25, -0.2) is 0 Å². The topological polar surface area (TPSA) is 232 Å². The molecule has 0 aliphatic heterocycles. The third-order valence-corrected chi connectivity index (χ3v) is 8.99. The average molecular weight is 891 g/mol. The second kappa shape index (κ2) is 24.4. The highest BCUT2D eigenvalue weighted by Gasteiger charge is 2.23. The molecule has 0 bridgehead atoms. The Morgan fingerprint density at radius 1 is 0.833 bits per heavy atom. The van der Waals surface area contributed by atoms with Gasteiger partial charge in [-0.3, -0.25) is 14.4 Å². The van der Waals surface area contributed by atoms with Gasteiger partial charge in [-0.05, 0) is 152 Å². The van der Waals surface area contributed by atoms with Gasteiger partial charge >= 0.3 is 0 Å². The summed E-state index contributed by atoms with van der Waals surface area (Å²) in [4.78, 5) is 40.9. The van der Waals surface area contributed by atoms with Crippen LogP contribution in [0.3, 0.4) is 0 Å². The van der Waals surface area contributed by atoms with Crippen LogP contribution in [-0.4, -0.2) is 80.7 Å². The van der Waals surface area contributed by atoms with E-state index in [2.05, 4.69) is 36.6 Å². The first-order valence-corrected chi connectivity index (χ1v) is 18.4. The fraction of sp³-hybridized carbons (Fsp3) is 0.531. The van der Waals surface area contributed by atoms with Gasteiger partial charge in [-0.1, -0.05) is 23.7 Å². The van der Waals surface area contributed by atoms with Crippen LogP contribution in [0.2, 0.25) is 0 Å². The Balaban J connectivity index is 1.67. The van der Waals surface area contributed by atoms with E-state index in [1.165, 1.54) is 24.3 Å². The van der Waals surface area contributed by atoms with Gasteiger partial charge in [0.25, 0.3) is 5.91 Å². The highest BCUT2D eigenvalue weighted by Crippen LogP contribution is 2.28. The number of phenols is 1. The molecule has 0 heterocycles. The Bertz CT molecular complexity index is 1320. The number of halogens is 2. The SMILES string of the molecule is [N-]=[N+]=Nc1ccc(C(=O)NC(Cc2cc(I)c(O)c(I)c2)C(=O)NCCCNCCCCNCCCNC(=O)C(N)CCCCN)cc1. The first-order chi connectivity index (χ1) is 23.2. The third-order valence-electron chi connectivity index (χ3n) is 7.35. The van der Waals surface area contributed by atoms with Crippen LogP contribution in [-0.2, 0) is 16.0 Å². The smallest absolute Gasteiger partial charge is 0.251 e. The minimum atomic E-state index is -0.841. The molecule has 2 aromatic rings. The maximum absolute atomic E-state index is 13.2. The molecule has 0 radical (unpaired) electrons. The van der Waals surface area contributed by atoms with E-state index in [-0.39, 0.29) is 24.0 Å². The van der Waals surface area contributed by atoms with Crippen molar-refractivity contribution >= 4 is 68.6 Å². The summed E-state index contributed by atoms with van der Waals surface area (Å²) in [5.41, 5.74) is 21.5. The van der Waals surface area contributed by atoms with E-state index < -0.39 is 18.0 Å². The van der Waals surface area contributed by atoms with E-state index in [0.29, 0.717) is 44.4 Å². The summed E-state index contributed by atoms with van der Waals surface area (Å²) in [7, 11) is 0. The fourth-order valence-electron chi connectivity index (χ4n) is 4.65. The molecular formula is C32H48I2N10O4. The molecule has 0 spiro atoms. The summed E-state index contributed by atoms with van der Waals surface area (Å²) < 4.78 is 1.32. The molecule has 2 aromatic carbocycles. The van der Waals surface area contributed by atoms with Gasteiger partial charge in [0.2, 0.25) is 11.8 Å². The Hall–Kier alpha value is -2.74. The molecule has 16 heteroatoms. The first-order valence-electron chi connectivity index (χ1n) is 16.2. The summed E-state index contributed by atoms with van der Waals surface area (Å²) in [6.07, 6.45) is 6.24. The molecule has 2 atom stereocenters. The number of hydrogen-bond acceptors (Lipinski definition) is 9. The minimum absolute atomic E-state index is 0.102. The summed E-state index contributed by atoms with van der Waals surface area (Å²) in [5, 5.41) is 29.1. The molecule has 10 N–H and O–H groups in total. The van der Waals surface area contributed by atoms with Crippen LogP contribution in [0.1, 0.15) is 60.9 Å². The number of nitrogens with one attached hydrogen (secondary N) is 5. The summed E-state index contributed by atoms with van der Waals surface area (Å²) in [6, 6.07) is 8.42. The van der Waals surface area contributed by atoms with Gasteiger partial charge < -0.3 is 43.2 Å². The van der Waals surface area contributed by atoms with Crippen LogP contribution in [0.25, 0.3) is 10.4 Å². The number of phenolic OH excluding ortho intramolecular Hbond substituents is 1. The lowest BCUT2D eigenvalue weighted by Gasteiger charge is -2.19. The zero-order valence-electron chi connectivity index (χ0n) is 27.1. The molecular weight excluding hydrogens is 842 g/mol. The summed E-state index contributed by atoms with van der Waals surface area (Å²) in [6.45, 7) is 4.99. The Morgan fingerprint density at radius 3 is 1.96 bits per heavy atom. The molecule has 2 unspecified atom stereocenters. The lowest BCUT2D eigenvalue weighted by molar-refractivity contribution is -0.123. The molecule has 48 heavy (non-hydrogen) atoms. The molecule has 0 saturated carbocycles. The number of amides is 3. The number of carbonyl (C=O) groups excluding carboxylic acids is 3. The Labute approximate surface area is 309 Å². The number of rotatable bonds is 24. The van der Waals surface area contributed by atoms with Crippen LogP contribution in [0.4, 0.5) is 5.69 Å². The van der Waals surface area contributed by atoms with Gasteiger partial charge in [-0.15, -0.1) is 0 Å². The Morgan fingerprint density at radius 2 is 1.40 bits per heavy atom.